The Balaban J connectivity index is 2.73. The summed E-state index contributed by atoms with van der Waals surface area (Å²) in [6.07, 6.45) is 0. The highest BCUT2D eigenvalue weighted by Crippen LogP contribution is 2.23. The van der Waals surface area contributed by atoms with E-state index in [0.717, 1.165) is 0 Å². The molecule has 0 saturated carbocycles. The maximum Gasteiger partial charge on any atom is 0.340 e. The van der Waals surface area contributed by atoms with E-state index in [0.29, 0.717) is 12.2 Å². The zero-order valence-corrected chi connectivity index (χ0v) is 13.0. The van der Waals surface area contributed by atoms with Crippen molar-refractivity contribution in [3.8, 4) is 0 Å². The molecule has 0 amide bonds. The number of hydrogen-bond acceptors (Lipinski definition) is 6. The number of hydrogen-bond donors (Lipinski definition) is 3. The van der Waals surface area contributed by atoms with Crippen molar-refractivity contribution in [1.29, 1.82) is 0 Å². The van der Waals surface area contributed by atoms with Gasteiger partial charge in [-0.25, -0.2) is 17.9 Å². The van der Waals surface area contributed by atoms with Crippen LogP contribution in [0.1, 0.15) is 24.2 Å². The summed E-state index contributed by atoms with van der Waals surface area (Å²) in [5, 5.41) is 2.91. The van der Waals surface area contributed by atoms with Gasteiger partial charge in [0.2, 0.25) is 10.0 Å². The molecule has 118 valence electrons. The number of para-hydroxylation sites is 1. The van der Waals surface area contributed by atoms with E-state index in [1.54, 1.807) is 32.0 Å². The maximum atomic E-state index is 11.7. The number of benzene rings is 1. The van der Waals surface area contributed by atoms with Gasteiger partial charge in [-0.15, -0.1) is 0 Å². The zero-order chi connectivity index (χ0) is 15.9. The van der Waals surface area contributed by atoms with Crippen molar-refractivity contribution in [2.24, 2.45) is 0 Å². The van der Waals surface area contributed by atoms with Crippen LogP contribution in [0.2, 0.25) is 0 Å². The van der Waals surface area contributed by atoms with Crippen LogP contribution >= 0.6 is 0 Å². The lowest BCUT2D eigenvalue weighted by atomic mass is 10.1. The van der Waals surface area contributed by atoms with Crippen molar-refractivity contribution >= 4 is 27.4 Å². The molecule has 8 heteroatoms. The van der Waals surface area contributed by atoms with E-state index >= 15 is 0 Å². The van der Waals surface area contributed by atoms with Crippen LogP contribution < -0.4 is 15.8 Å². The number of anilines is 2. The second kappa shape index (κ2) is 7.84. The van der Waals surface area contributed by atoms with Crippen LogP contribution in [0.4, 0.5) is 11.4 Å². The summed E-state index contributed by atoms with van der Waals surface area (Å²) in [5.74, 6) is -0.580. The van der Waals surface area contributed by atoms with Gasteiger partial charge >= 0.3 is 5.97 Å². The molecule has 0 atom stereocenters. The summed E-state index contributed by atoms with van der Waals surface area (Å²) >= 11 is 0. The van der Waals surface area contributed by atoms with Crippen LogP contribution in [-0.4, -0.2) is 39.8 Å². The van der Waals surface area contributed by atoms with Crippen molar-refractivity contribution < 1.29 is 17.9 Å². The van der Waals surface area contributed by atoms with Crippen LogP contribution in [0.5, 0.6) is 0 Å². The predicted octanol–water partition coefficient (Wildman–Crippen LogP) is 0.797. The fourth-order valence-electron chi connectivity index (χ4n) is 1.72. The highest BCUT2D eigenvalue weighted by molar-refractivity contribution is 7.89. The van der Waals surface area contributed by atoms with Gasteiger partial charge in [0, 0.05) is 13.1 Å². The maximum absolute atomic E-state index is 11.7. The van der Waals surface area contributed by atoms with Gasteiger partial charge in [-0.1, -0.05) is 13.0 Å². The Morgan fingerprint density at radius 2 is 2.05 bits per heavy atom. The summed E-state index contributed by atoms with van der Waals surface area (Å²) in [6.45, 7) is 4.22. The third-order valence-electron chi connectivity index (χ3n) is 2.65. The number of rotatable bonds is 8. The first-order valence-corrected chi connectivity index (χ1v) is 8.33. The second-order valence-corrected chi connectivity index (χ2v) is 6.16. The van der Waals surface area contributed by atoms with Gasteiger partial charge in [-0.05, 0) is 19.1 Å². The molecule has 0 spiro atoms. The monoisotopic (exact) mass is 315 g/mol. The Bertz CT molecular complexity index is 587. The third-order valence-corrected chi connectivity index (χ3v) is 4.12. The quantitative estimate of drug-likeness (QED) is 0.483. The van der Waals surface area contributed by atoms with Crippen LogP contribution in [0.25, 0.3) is 0 Å². The Morgan fingerprint density at radius 3 is 2.67 bits per heavy atom. The van der Waals surface area contributed by atoms with E-state index in [1.165, 1.54) is 0 Å². The predicted molar refractivity (Wildman–Crippen MR) is 82.8 cm³/mol. The lowest BCUT2D eigenvalue weighted by molar-refractivity contribution is 0.0527. The van der Waals surface area contributed by atoms with E-state index in [9.17, 15) is 13.2 Å². The fraction of sp³-hybridized carbons (Fsp3) is 0.462. The first kappa shape index (κ1) is 17.3. The molecule has 7 nitrogen and oxygen atoms in total. The Kier molecular flexibility index (Phi) is 6.44. The number of esters is 1. The summed E-state index contributed by atoms with van der Waals surface area (Å²) in [4.78, 5) is 11.7. The SMILES string of the molecule is CCNS(=O)(=O)CCNc1cccc(C(=O)OCC)c1N. The van der Waals surface area contributed by atoms with Gasteiger partial charge in [0.25, 0.3) is 0 Å². The average molecular weight is 315 g/mol. The van der Waals surface area contributed by atoms with E-state index in [2.05, 4.69) is 10.0 Å². The Labute approximate surface area is 124 Å². The van der Waals surface area contributed by atoms with Gasteiger partial charge in [0.1, 0.15) is 0 Å². The number of sulfonamides is 1. The number of ether oxygens (including phenoxy) is 1. The fourth-order valence-corrected chi connectivity index (χ4v) is 2.67. The highest BCUT2D eigenvalue weighted by atomic mass is 32.2. The van der Waals surface area contributed by atoms with Gasteiger partial charge in [0.15, 0.2) is 0 Å². The van der Waals surface area contributed by atoms with Crippen molar-refractivity contribution in [3.05, 3.63) is 23.8 Å². The smallest absolute Gasteiger partial charge is 0.340 e. The molecule has 0 aliphatic heterocycles. The Hall–Kier alpha value is -1.80. The van der Waals surface area contributed by atoms with Crippen molar-refractivity contribution in [2.75, 3.05) is 36.5 Å². The van der Waals surface area contributed by atoms with Gasteiger partial charge < -0.3 is 15.8 Å². The number of carbonyl (C=O) groups is 1. The number of carbonyl (C=O) groups excluding carboxylic acids is 1. The molecular weight excluding hydrogens is 294 g/mol. The molecule has 0 heterocycles. The molecule has 0 fully saturated rings. The van der Waals surface area contributed by atoms with Gasteiger partial charge in [-0.3, -0.25) is 0 Å². The summed E-state index contributed by atoms with van der Waals surface area (Å²) in [7, 11) is -3.29. The summed E-state index contributed by atoms with van der Waals surface area (Å²) in [6, 6.07) is 4.90. The Morgan fingerprint density at radius 1 is 1.33 bits per heavy atom. The molecule has 1 rings (SSSR count). The molecule has 0 radical (unpaired) electrons. The largest absolute Gasteiger partial charge is 0.462 e. The molecule has 0 bridgehead atoms. The molecule has 1 aromatic rings. The molecule has 1 aromatic carbocycles. The first-order valence-electron chi connectivity index (χ1n) is 6.68. The van der Waals surface area contributed by atoms with Crippen LogP contribution in [-0.2, 0) is 14.8 Å². The first-order chi connectivity index (χ1) is 9.91. The number of nitrogens with one attached hydrogen (secondary N) is 2. The second-order valence-electron chi connectivity index (χ2n) is 4.23. The minimum Gasteiger partial charge on any atom is -0.462 e. The normalized spacial score (nSPS) is 11.1. The van der Waals surface area contributed by atoms with Gasteiger partial charge in [0.05, 0.1) is 29.3 Å². The average Bonchev–Trinajstić information content (AvgIpc) is 2.40. The van der Waals surface area contributed by atoms with Crippen LogP contribution in [0, 0.1) is 0 Å². The number of nitrogens with two attached hydrogens (primary N) is 1. The molecule has 0 unspecified atom stereocenters. The van der Waals surface area contributed by atoms with Gasteiger partial charge in [-0.2, -0.15) is 0 Å². The third kappa shape index (κ3) is 5.24. The minimum atomic E-state index is -3.29. The molecule has 0 aliphatic carbocycles. The van der Waals surface area contributed by atoms with Crippen molar-refractivity contribution in [3.63, 3.8) is 0 Å². The van der Waals surface area contributed by atoms with E-state index in [-0.39, 0.29) is 30.2 Å². The molecule has 0 saturated heterocycles. The van der Waals surface area contributed by atoms with Crippen LogP contribution in [0.15, 0.2) is 18.2 Å². The molecule has 0 aromatic heterocycles. The lowest BCUT2D eigenvalue weighted by Crippen LogP contribution is -2.29. The molecular formula is C13H21N3O4S. The number of nitrogen functional groups attached to an aromatic ring is 1. The van der Waals surface area contributed by atoms with Crippen molar-refractivity contribution in [2.45, 2.75) is 13.8 Å². The standard InChI is InChI=1S/C13H21N3O4S/c1-3-16-21(18,19)9-8-15-11-7-5-6-10(12(11)14)13(17)20-4-2/h5-7,15-16H,3-4,8-9,14H2,1-2H3. The van der Waals surface area contributed by atoms with Crippen LogP contribution in [0.3, 0.4) is 0 Å². The van der Waals surface area contributed by atoms with E-state index in [1.807, 2.05) is 0 Å². The summed E-state index contributed by atoms with van der Waals surface area (Å²) in [5.41, 5.74) is 6.91. The highest BCUT2D eigenvalue weighted by Gasteiger charge is 2.14. The topological polar surface area (TPSA) is 111 Å². The molecule has 21 heavy (non-hydrogen) atoms. The molecule has 4 N–H and O–H groups in total. The minimum absolute atomic E-state index is 0.0795. The van der Waals surface area contributed by atoms with E-state index < -0.39 is 16.0 Å². The summed E-state index contributed by atoms with van der Waals surface area (Å²) < 4.78 is 30.3. The molecule has 0 aliphatic rings. The zero-order valence-electron chi connectivity index (χ0n) is 12.2. The van der Waals surface area contributed by atoms with Crippen molar-refractivity contribution in [1.82, 2.24) is 4.72 Å². The lowest BCUT2D eigenvalue weighted by Gasteiger charge is -2.12. The van der Waals surface area contributed by atoms with E-state index in [4.69, 9.17) is 10.5 Å².